The third-order valence-electron chi connectivity index (χ3n) is 3.97. The molecule has 1 aliphatic heterocycles. The number of nitrogens with zero attached hydrogens (tertiary/aromatic N) is 1. The van der Waals surface area contributed by atoms with Gasteiger partial charge in [-0.05, 0) is 12.8 Å². The van der Waals surface area contributed by atoms with E-state index >= 15 is 0 Å². The van der Waals surface area contributed by atoms with Gasteiger partial charge in [0, 0.05) is 30.9 Å². The SMILES string of the molecule is CCSSCCCCCCCCCCCN1C(=O)CCC1=O. The Bertz CT molecular complexity index is 308. The molecule has 5 heteroatoms. The zero-order valence-electron chi connectivity index (χ0n) is 14.0. The molecule has 0 aromatic rings. The Morgan fingerprint density at radius 2 is 1.27 bits per heavy atom. The van der Waals surface area contributed by atoms with Gasteiger partial charge in [-0.15, -0.1) is 0 Å². The molecule has 128 valence electrons. The molecule has 1 rings (SSSR count). The summed E-state index contributed by atoms with van der Waals surface area (Å²) in [6, 6.07) is 0. The Hall–Kier alpha value is -0.160. The smallest absolute Gasteiger partial charge is 0.229 e. The van der Waals surface area contributed by atoms with Crippen molar-refractivity contribution >= 4 is 33.4 Å². The second-order valence-corrected chi connectivity index (χ2v) is 8.72. The zero-order chi connectivity index (χ0) is 16.0. The van der Waals surface area contributed by atoms with E-state index < -0.39 is 0 Å². The second-order valence-electron chi connectivity index (χ2n) is 5.85. The zero-order valence-corrected chi connectivity index (χ0v) is 15.6. The molecule has 22 heavy (non-hydrogen) atoms. The van der Waals surface area contributed by atoms with E-state index in [1.54, 1.807) is 0 Å². The summed E-state index contributed by atoms with van der Waals surface area (Å²) in [6.45, 7) is 2.85. The third-order valence-corrected chi connectivity index (χ3v) is 6.53. The van der Waals surface area contributed by atoms with Crippen LogP contribution in [0.15, 0.2) is 0 Å². The molecule has 0 aromatic heterocycles. The van der Waals surface area contributed by atoms with Crippen molar-refractivity contribution in [3.05, 3.63) is 0 Å². The number of carbonyl (C=O) groups excluding carboxylic acids is 2. The number of likely N-dealkylation sites (tertiary alicyclic amines) is 1. The minimum Gasteiger partial charge on any atom is -0.283 e. The number of hydrogen-bond donors (Lipinski definition) is 0. The molecule has 1 fully saturated rings. The van der Waals surface area contributed by atoms with Crippen LogP contribution in [-0.4, -0.2) is 34.8 Å². The van der Waals surface area contributed by atoms with Gasteiger partial charge in [0.2, 0.25) is 11.8 Å². The molecular formula is C17H31NO2S2. The molecule has 0 bridgehead atoms. The topological polar surface area (TPSA) is 37.4 Å². The largest absolute Gasteiger partial charge is 0.283 e. The van der Waals surface area contributed by atoms with Crippen LogP contribution >= 0.6 is 21.6 Å². The first-order valence-corrected chi connectivity index (χ1v) is 11.3. The van der Waals surface area contributed by atoms with E-state index in [2.05, 4.69) is 6.92 Å². The fourth-order valence-electron chi connectivity index (χ4n) is 2.68. The van der Waals surface area contributed by atoms with Crippen LogP contribution in [0.3, 0.4) is 0 Å². The normalized spacial score (nSPS) is 15.0. The van der Waals surface area contributed by atoms with E-state index in [1.807, 2.05) is 21.6 Å². The van der Waals surface area contributed by atoms with Crippen LogP contribution in [0.1, 0.15) is 77.6 Å². The average molecular weight is 346 g/mol. The lowest BCUT2D eigenvalue weighted by atomic mass is 10.1. The Morgan fingerprint density at radius 1 is 0.773 bits per heavy atom. The Balaban J connectivity index is 1.78. The van der Waals surface area contributed by atoms with Crippen LogP contribution in [0.4, 0.5) is 0 Å². The lowest BCUT2D eigenvalue weighted by molar-refractivity contribution is -0.138. The van der Waals surface area contributed by atoms with Crippen molar-refractivity contribution in [3.63, 3.8) is 0 Å². The molecule has 1 saturated heterocycles. The summed E-state index contributed by atoms with van der Waals surface area (Å²) >= 11 is 0. The molecule has 1 aliphatic rings. The van der Waals surface area contributed by atoms with Crippen molar-refractivity contribution in [3.8, 4) is 0 Å². The van der Waals surface area contributed by atoms with Crippen molar-refractivity contribution in [2.75, 3.05) is 18.1 Å². The molecule has 0 aromatic carbocycles. The van der Waals surface area contributed by atoms with Gasteiger partial charge in [0.05, 0.1) is 0 Å². The molecule has 0 N–H and O–H groups in total. The molecule has 0 unspecified atom stereocenters. The quantitative estimate of drug-likeness (QED) is 0.251. The van der Waals surface area contributed by atoms with Gasteiger partial charge in [-0.2, -0.15) is 0 Å². The van der Waals surface area contributed by atoms with Crippen molar-refractivity contribution < 1.29 is 9.59 Å². The molecule has 1 heterocycles. The molecule has 0 aliphatic carbocycles. The van der Waals surface area contributed by atoms with Crippen LogP contribution in [0.5, 0.6) is 0 Å². The second kappa shape index (κ2) is 13.3. The maximum absolute atomic E-state index is 11.4. The maximum atomic E-state index is 11.4. The first-order chi connectivity index (χ1) is 10.8. The number of imide groups is 1. The highest BCUT2D eigenvalue weighted by atomic mass is 33.1. The highest BCUT2D eigenvalue weighted by molar-refractivity contribution is 8.76. The predicted molar refractivity (Wildman–Crippen MR) is 98.1 cm³/mol. The minimum atomic E-state index is 0.0282. The van der Waals surface area contributed by atoms with E-state index in [0.717, 1.165) is 12.8 Å². The molecule has 0 atom stereocenters. The predicted octanol–water partition coefficient (Wildman–Crippen LogP) is 5.05. The summed E-state index contributed by atoms with van der Waals surface area (Å²) in [5, 5.41) is 0. The summed E-state index contributed by atoms with van der Waals surface area (Å²) in [7, 11) is 3.97. The lowest BCUT2D eigenvalue weighted by Gasteiger charge is -2.13. The monoisotopic (exact) mass is 345 g/mol. The molecule has 3 nitrogen and oxygen atoms in total. The fourth-order valence-corrected chi connectivity index (χ4v) is 4.50. The summed E-state index contributed by atoms with van der Waals surface area (Å²) in [6.07, 6.45) is 12.3. The number of rotatable bonds is 14. The first kappa shape index (κ1) is 19.9. The summed E-state index contributed by atoms with van der Waals surface area (Å²) in [5.74, 6) is 2.57. The summed E-state index contributed by atoms with van der Waals surface area (Å²) in [4.78, 5) is 24.3. The van der Waals surface area contributed by atoms with Gasteiger partial charge < -0.3 is 0 Å². The van der Waals surface area contributed by atoms with Crippen molar-refractivity contribution in [1.82, 2.24) is 4.90 Å². The molecule has 0 saturated carbocycles. The Labute approximate surface area is 143 Å². The molecule has 0 spiro atoms. The van der Waals surface area contributed by atoms with Crippen LogP contribution in [0, 0.1) is 0 Å². The number of unbranched alkanes of at least 4 members (excludes halogenated alkanes) is 8. The van der Waals surface area contributed by atoms with E-state index in [-0.39, 0.29) is 11.8 Å². The summed E-state index contributed by atoms with van der Waals surface area (Å²) < 4.78 is 0. The first-order valence-electron chi connectivity index (χ1n) is 8.83. The van der Waals surface area contributed by atoms with Gasteiger partial charge in [0.1, 0.15) is 0 Å². The van der Waals surface area contributed by atoms with E-state index in [1.165, 1.54) is 61.4 Å². The average Bonchev–Trinajstić information content (AvgIpc) is 2.83. The number of amides is 2. The highest BCUT2D eigenvalue weighted by Crippen LogP contribution is 2.22. The van der Waals surface area contributed by atoms with Crippen LogP contribution < -0.4 is 0 Å². The number of hydrogen-bond acceptors (Lipinski definition) is 4. The molecular weight excluding hydrogens is 314 g/mol. The molecule has 0 radical (unpaired) electrons. The Kier molecular flexibility index (Phi) is 12.0. The van der Waals surface area contributed by atoms with Gasteiger partial charge in [-0.3, -0.25) is 14.5 Å². The fraction of sp³-hybridized carbons (Fsp3) is 0.882. The van der Waals surface area contributed by atoms with E-state index in [4.69, 9.17) is 0 Å². The number of carbonyl (C=O) groups is 2. The van der Waals surface area contributed by atoms with E-state index in [0.29, 0.717) is 19.4 Å². The van der Waals surface area contributed by atoms with Crippen molar-refractivity contribution in [2.45, 2.75) is 77.6 Å². The van der Waals surface area contributed by atoms with Crippen LogP contribution in [0.2, 0.25) is 0 Å². The van der Waals surface area contributed by atoms with Gasteiger partial charge >= 0.3 is 0 Å². The standard InChI is InChI=1S/C17H31NO2S2/c1-2-21-22-15-11-9-7-5-3-4-6-8-10-14-18-16(19)12-13-17(18)20/h2-15H2,1H3. The van der Waals surface area contributed by atoms with Crippen LogP contribution in [0.25, 0.3) is 0 Å². The third kappa shape index (κ3) is 9.09. The van der Waals surface area contributed by atoms with Gasteiger partial charge in [-0.1, -0.05) is 73.5 Å². The summed E-state index contributed by atoms with van der Waals surface area (Å²) in [5.41, 5.74) is 0. The van der Waals surface area contributed by atoms with Crippen molar-refractivity contribution in [1.29, 1.82) is 0 Å². The van der Waals surface area contributed by atoms with Gasteiger partial charge in [-0.25, -0.2) is 0 Å². The lowest BCUT2D eigenvalue weighted by Crippen LogP contribution is -2.29. The maximum Gasteiger partial charge on any atom is 0.229 e. The highest BCUT2D eigenvalue weighted by Gasteiger charge is 2.27. The molecule has 2 amide bonds. The Morgan fingerprint density at radius 3 is 1.82 bits per heavy atom. The van der Waals surface area contributed by atoms with Crippen molar-refractivity contribution in [2.24, 2.45) is 0 Å². The van der Waals surface area contributed by atoms with Gasteiger partial charge in [0.25, 0.3) is 0 Å². The van der Waals surface area contributed by atoms with E-state index in [9.17, 15) is 9.59 Å². The minimum absolute atomic E-state index is 0.0282. The van der Waals surface area contributed by atoms with Crippen LogP contribution in [-0.2, 0) is 9.59 Å². The van der Waals surface area contributed by atoms with Gasteiger partial charge in [0.15, 0.2) is 0 Å².